The minimum absolute atomic E-state index is 0.0524. The van der Waals surface area contributed by atoms with Crippen LogP contribution in [0.15, 0.2) is 72.8 Å². The van der Waals surface area contributed by atoms with Crippen LogP contribution in [-0.4, -0.2) is 20.9 Å². The Morgan fingerprint density at radius 1 is 0.528 bits per heavy atom. The van der Waals surface area contributed by atoms with Gasteiger partial charge >= 0.3 is 0 Å². The lowest BCUT2D eigenvalue weighted by molar-refractivity contribution is 0.0960. The third-order valence-electron chi connectivity index (χ3n) is 8.12. The molecule has 2 aliphatic rings. The summed E-state index contributed by atoms with van der Waals surface area (Å²) in [4.78, 5) is 27.9. The summed E-state index contributed by atoms with van der Waals surface area (Å²) in [7, 11) is 0. The third kappa shape index (κ3) is 3.13. The van der Waals surface area contributed by atoms with Crippen LogP contribution in [0.1, 0.15) is 68.9 Å². The van der Waals surface area contributed by atoms with Crippen LogP contribution in [0.4, 0.5) is 0 Å². The number of aromatic nitrogens is 2. The molecule has 36 heavy (non-hydrogen) atoms. The van der Waals surface area contributed by atoms with Crippen molar-refractivity contribution in [3.8, 4) is 0 Å². The number of rotatable bonds is 2. The van der Waals surface area contributed by atoms with Crippen LogP contribution < -0.4 is 0 Å². The summed E-state index contributed by atoms with van der Waals surface area (Å²) in [6.45, 7) is 0. The van der Waals surface area contributed by atoms with Gasteiger partial charge in [-0.3, -0.25) is 18.7 Å². The van der Waals surface area contributed by atoms with Crippen LogP contribution in [-0.2, 0) is 25.7 Å². The van der Waals surface area contributed by atoms with Crippen molar-refractivity contribution in [2.24, 2.45) is 0 Å². The van der Waals surface area contributed by atoms with E-state index >= 15 is 0 Å². The summed E-state index contributed by atoms with van der Waals surface area (Å²) in [5.41, 5.74) is 7.93. The van der Waals surface area contributed by atoms with Gasteiger partial charge < -0.3 is 0 Å². The Labute approximate surface area is 210 Å². The Hall–Kier alpha value is -3.92. The van der Waals surface area contributed by atoms with E-state index in [-0.39, 0.29) is 11.8 Å². The molecule has 0 saturated carbocycles. The number of carbonyl (C=O) groups is 2. The van der Waals surface area contributed by atoms with Crippen molar-refractivity contribution in [1.29, 1.82) is 0 Å². The van der Waals surface area contributed by atoms with E-state index in [1.54, 1.807) is 6.07 Å². The van der Waals surface area contributed by atoms with Gasteiger partial charge in [-0.05, 0) is 92.8 Å². The highest BCUT2D eigenvalue weighted by Gasteiger charge is 2.26. The van der Waals surface area contributed by atoms with E-state index in [0.717, 1.165) is 73.8 Å². The van der Waals surface area contributed by atoms with Gasteiger partial charge in [0, 0.05) is 33.3 Å². The minimum atomic E-state index is -0.0524. The number of benzene rings is 3. The highest BCUT2D eigenvalue weighted by atomic mass is 16.2. The molecule has 0 saturated heterocycles. The molecule has 0 atom stereocenters. The molecule has 0 amide bonds. The van der Waals surface area contributed by atoms with Gasteiger partial charge in [-0.2, -0.15) is 0 Å². The Morgan fingerprint density at radius 2 is 0.972 bits per heavy atom. The van der Waals surface area contributed by atoms with E-state index in [4.69, 9.17) is 0 Å². The molecule has 2 heterocycles. The zero-order chi connectivity index (χ0) is 24.2. The predicted octanol–water partition coefficient (Wildman–Crippen LogP) is 6.73. The van der Waals surface area contributed by atoms with Crippen molar-refractivity contribution in [3.63, 3.8) is 0 Å². The van der Waals surface area contributed by atoms with Gasteiger partial charge in [0.05, 0.1) is 11.0 Å². The maximum Gasteiger partial charge on any atom is 0.262 e. The summed E-state index contributed by atoms with van der Waals surface area (Å²) in [5, 5.41) is 2.36. The van der Waals surface area contributed by atoms with E-state index in [2.05, 4.69) is 12.1 Å². The Kier molecular flexibility index (Phi) is 4.95. The molecule has 0 radical (unpaired) electrons. The maximum atomic E-state index is 13.9. The highest BCUT2D eigenvalue weighted by Crippen LogP contribution is 2.34. The van der Waals surface area contributed by atoms with Crippen LogP contribution in [0.2, 0.25) is 0 Å². The number of nitrogens with zero attached hydrogens (tertiary/aromatic N) is 2. The zero-order valence-corrected chi connectivity index (χ0v) is 20.3. The topological polar surface area (TPSA) is 44.0 Å². The van der Waals surface area contributed by atoms with Crippen LogP contribution in [0, 0.1) is 0 Å². The molecule has 2 aliphatic carbocycles. The fraction of sp³-hybridized carbons (Fsp3) is 0.250. The van der Waals surface area contributed by atoms with Crippen molar-refractivity contribution in [3.05, 3.63) is 106 Å². The molecular weight excluding hydrogens is 444 g/mol. The first-order valence-electron chi connectivity index (χ1n) is 13.1. The molecule has 0 bridgehead atoms. The fourth-order valence-corrected chi connectivity index (χ4v) is 6.50. The second kappa shape index (κ2) is 8.34. The van der Waals surface area contributed by atoms with Crippen molar-refractivity contribution in [1.82, 2.24) is 9.13 Å². The number of aryl methyl sites for hydroxylation is 2. The number of para-hydroxylation sites is 2. The van der Waals surface area contributed by atoms with Gasteiger partial charge in [0.15, 0.2) is 0 Å². The first-order chi connectivity index (χ1) is 17.7. The lowest BCUT2D eigenvalue weighted by Gasteiger charge is -2.16. The molecule has 3 aromatic carbocycles. The van der Waals surface area contributed by atoms with E-state index in [1.165, 1.54) is 21.9 Å². The summed E-state index contributed by atoms with van der Waals surface area (Å²) in [5.74, 6) is -0.105. The predicted molar refractivity (Wildman–Crippen MR) is 143 cm³/mol. The maximum absolute atomic E-state index is 13.9. The number of hydrogen-bond acceptors (Lipinski definition) is 2. The first-order valence-corrected chi connectivity index (χ1v) is 13.1. The molecule has 0 aliphatic heterocycles. The zero-order valence-electron chi connectivity index (χ0n) is 20.3. The van der Waals surface area contributed by atoms with Gasteiger partial charge in [-0.25, -0.2) is 0 Å². The van der Waals surface area contributed by atoms with Gasteiger partial charge in [-0.15, -0.1) is 0 Å². The van der Waals surface area contributed by atoms with E-state index in [1.807, 2.05) is 63.7 Å². The highest BCUT2D eigenvalue weighted by molar-refractivity contribution is 6.08. The summed E-state index contributed by atoms with van der Waals surface area (Å²) in [6, 6.07) is 23.7. The van der Waals surface area contributed by atoms with Gasteiger partial charge in [-0.1, -0.05) is 42.5 Å². The normalized spacial score (nSPS) is 15.1. The lowest BCUT2D eigenvalue weighted by atomic mass is 9.95. The van der Waals surface area contributed by atoms with Crippen LogP contribution in [0.25, 0.3) is 21.8 Å². The van der Waals surface area contributed by atoms with Gasteiger partial charge in [0.1, 0.15) is 0 Å². The number of hydrogen-bond donors (Lipinski definition) is 0. The monoisotopic (exact) mass is 472 g/mol. The molecule has 0 spiro atoms. The molecule has 2 aromatic heterocycles. The number of fused-ring (bicyclic) bond motifs is 6. The smallest absolute Gasteiger partial charge is 0.262 e. The Bertz CT molecular complexity index is 1560. The van der Waals surface area contributed by atoms with Crippen molar-refractivity contribution in [2.45, 2.75) is 51.4 Å². The standard InChI is InChI=1S/C32H28N2O2/c35-31(33-27-16-5-1-12-23(27)24-13-2-6-17-28(24)33)21-10-9-11-22(20-21)32(36)34-29-18-7-3-14-25(29)26-15-4-8-19-30(26)34/h1,3,5,7,9-12,14,16,18,20H,2,4,6,8,13,15,17,19H2. The summed E-state index contributed by atoms with van der Waals surface area (Å²) in [6.07, 6.45) is 8.37. The molecule has 0 N–H and O–H groups in total. The Balaban J connectivity index is 1.34. The largest absolute Gasteiger partial charge is 0.280 e. The van der Waals surface area contributed by atoms with Crippen molar-refractivity contribution < 1.29 is 9.59 Å². The van der Waals surface area contributed by atoms with Crippen LogP contribution in [0.5, 0.6) is 0 Å². The van der Waals surface area contributed by atoms with E-state index in [9.17, 15) is 9.59 Å². The van der Waals surface area contributed by atoms with Crippen molar-refractivity contribution in [2.75, 3.05) is 0 Å². The molecule has 5 aromatic rings. The molecule has 0 unspecified atom stereocenters. The third-order valence-corrected chi connectivity index (χ3v) is 8.12. The molecule has 4 heteroatoms. The van der Waals surface area contributed by atoms with Crippen LogP contribution in [0.3, 0.4) is 0 Å². The molecule has 4 nitrogen and oxygen atoms in total. The minimum Gasteiger partial charge on any atom is -0.280 e. The molecule has 7 rings (SSSR count). The average Bonchev–Trinajstić information content (AvgIpc) is 3.46. The molecular formula is C32H28N2O2. The SMILES string of the molecule is O=C(c1cccc(C(=O)n2c3c(c4ccccc42)CCCC3)c1)n1c2c(c3ccccc31)CCCC2. The first kappa shape index (κ1) is 21.4. The fourth-order valence-electron chi connectivity index (χ4n) is 6.50. The Morgan fingerprint density at radius 3 is 1.47 bits per heavy atom. The summed E-state index contributed by atoms with van der Waals surface area (Å²) < 4.78 is 3.81. The average molecular weight is 473 g/mol. The van der Waals surface area contributed by atoms with Crippen molar-refractivity contribution >= 4 is 33.6 Å². The second-order valence-corrected chi connectivity index (χ2v) is 10.2. The van der Waals surface area contributed by atoms with Gasteiger partial charge in [0.25, 0.3) is 11.8 Å². The molecule has 178 valence electrons. The lowest BCUT2D eigenvalue weighted by Crippen LogP contribution is -2.19. The molecule has 0 fully saturated rings. The van der Waals surface area contributed by atoms with Crippen LogP contribution >= 0.6 is 0 Å². The van der Waals surface area contributed by atoms with E-state index in [0.29, 0.717) is 11.1 Å². The second-order valence-electron chi connectivity index (χ2n) is 10.2. The quantitative estimate of drug-likeness (QED) is 0.286. The van der Waals surface area contributed by atoms with Gasteiger partial charge in [0.2, 0.25) is 0 Å². The van der Waals surface area contributed by atoms with E-state index < -0.39 is 0 Å². The number of carbonyl (C=O) groups excluding carboxylic acids is 2. The summed E-state index contributed by atoms with van der Waals surface area (Å²) >= 11 is 0.